The molecule has 1 aromatic carbocycles. The van der Waals surface area contributed by atoms with Gasteiger partial charge in [-0.2, -0.15) is 0 Å². The largest absolute Gasteiger partial charge is 0.465 e. The summed E-state index contributed by atoms with van der Waals surface area (Å²) < 4.78 is 4.85. The zero-order chi connectivity index (χ0) is 10.2. The number of ether oxygens (including phenoxy) is 1. The molecule has 2 N–H and O–H groups in total. The second kappa shape index (κ2) is 6.16. The molecule has 0 spiro atoms. The van der Waals surface area contributed by atoms with Crippen LogP contribution in [0, 0.1) is 0 Å². The number of rotatable bonds is 5. The van der Waals surface area contributed by atoms with E-state index in [9.17, 15) is 4.79 Å². The minimum absolute atomic E-state index is 0.0364. The maximum atomic E-state index is 10.7. The molecule has 0 saturated carbocycles. The van der Waals surface area contributed by atoms with Crippen molar-refractivity contribution in [2.75, 3.05) is 13.2 Å². The van der Waals surface area contributed by atoms with Crippen LogP contribution in [0.25, 0.3) is 0 Å². The predicted molar refractivity (Wildman–Crippen MR) is 54.8 cm³/mol. The van der Waals surface area contributed by atoms with Crippen molar-refractivity contribution in [1.29, 1.82) is 0 Å². The number of aryl methyl sites for hydroxylation is 1. The number of carbonyl (C=O) groups is 1. The molecule has 1 rings (SSSR count). The Balaban J connectivity index is 2.13. The average molecular weight is 193 g/mol. The van der Waals surface area contributed by atoms with E-state index in [0.717, 1.165) is 12.8 Å². The molecule has 0 amide bonds. The molecule has 0 aliphatic carbocycles. The van der Waals surface area contributed by atoms with Crippen molar-refractivity contribution in [2.45, 2.75) is 12.8 Å². The lowest BCUT2D eigenvalue weighted by Crippen LogP contribution is -2.17. The highest BCUT2D eigenvalue weighted by Crippen LogP contribution is 2.02. The van der Waals surface area contributed by atoms with E-state index in [1.807, 2.05) is 18.2 Å². The first-order valence-electron chi connectivity index (χ1n) is 4.72. The van der Waals surface area contributed by atoms with Crippen molar-refractivity contribution in [3.8, 4) is 0 Å². The van der Waals surface area contributed by atoms with Gasteiger partial charge in [0, 0.05) is 0 Å². The number of hydrogen-bond donors (Lipinski definition) is 1. The van der Waals surface area contributed by atoms with Gasteiger partial charge in [0.05, 0.1) is 13.2 Å². The predicted octanol–water partition coefficient (Wildman–Crippen LogP) is 1.12. The topological polar surface area (TPSA) is 52.3 Å². The van der Waals surface area contributed by atoms with Gasteiger partial charge in [-0.3, -0.25) is 4.79 Å². The summed E-state index contributed by atoms with van der Waals surface area (Å²) in [6.07, 6.45) is 1.77. The number of hydrogen-bond acceptors (Lipinski definition) is 3. The quantitative estimate of drug-likeness (QED) is 0.563. The summed E-state index contributed by atoms with van der Waals surface area (Å²) >= 11 is 0. The Hall–Kier alpha value is -1.35. The van der Waals surface area contributed by atoms with Crippen LogP contribution in [0.15, 0.2) is 30.3 Å². The molecule has 0 fully saturated rings. The molecule has 0 aliphatic heterocycles. The van der Waals surface area contributed by atoms with Gasteiger partial charge in [-0.1, -0.05) is 30.3 Å². The van der Waals surface area contributed by atoms with Crippen LogP contribution in [0.4, 0.5) is 0 Å². The lowest BCUT2D eigenvalue weighted by Gasteiger charge is -2.02. The smallest absolute Gasteiger partial charge is 0.319 e. The highest BCUT2D eigenvalue weighted by Gasteiger charge is 1.97. The second-order valence-electron chi connectivity index (χ2n) is 3.01. The fourth-order valence-corrected chi connectivity index (χ4v) is 1.17. The van der Waals surface area contributed by atoms with Gasteiger partial charge in [0.2, 0.25) is 0 Å². The summed E-state index contributed by atoms with van der Waals surface area (Å²) in [5.41, 5.74) is 6.35. The van der Waals surface area contributed by atoms with E-state index >= 15 is 0 Å². The summed E-state index contributed by atoms with van der Waals surface area (Å²) in [6, 6.07) is 10.1. The standard InChI is InChI=1S/C11H15NO2/c12-9-11(13)14-8-4-7-10-5-2-1-3-6-10/h1-3,5-6H,4,7-9,12H2. The summed E-state index contributed by atoms with van der Waals surface area (Å²) in [4.78, 5) is 10.7. The number of esters is 1. The van der Waals surface area contributed by atoms with E-state index in [2.05, 4.69) is 12.1 Å². The first kappa shape index (κ1) is 10.7. The Morgan fingerprint density at radius 1 is 1.29 bits per heavy atom. The van der Waals surface area contributed by atoms with Gasteiger partial charge in [0.25, 0.3) is 0 Å². The third kappa shape index (κ3) is 4.05. The zero-order valence-corrected chi connectivity index (χ0v) is 8.11. The molecule has 1 aromatic rings. The van der Waals surface area contributed by atoms with Crippen LogP contribution in [0.5, 0.6) is 0 Å². The Morgan fingerprint density at radius 2 is 2.00 bits per heavy atom. The molecule has 14 heavy (non-hydrogen) atoms. The van der Waals surface area contributed by atoms with Crippen LogP contribution < -0.4 is 5.73 Å². The highest BCUT2D eigenvalue weighted by molar-refractivity contribution is 5.71. The Labute approximate surface area is 83.9 Å². The van der Waals surface area contributed by atoms with Crippen molar-refractivity contribution >= 4 is 5.97 Å². The summed E-state index contributed by atoms with van der Waals surface area (Å²) in [5, 5.41) is 0. The van der Waals surface area contributed by atoms with Gasteiger partial charge in [-0.25, -0.2) is 0 Å². The monoisotopic (exact) mass is 193 g/mol. The van der Waals surface area contributed by atoms with Crippen LogP contribution in [0.1, 0.15) is 12.0 Å². The summed E-state index contributed by atoms with van der Waals surface area (Å²) in [5.74, 6) is -0.335. The van der Waals surface area contributed by atoms with Crippen molar-refractivity contribution < 1.29 is 9.53 Å². The second-order valence-corrected chi connectivity index (χ2v) is 3.01. The number of nitrogens with two attached hydrogens (primary N) is 1. The van der Waals surface area contributed by atoms with Crippen LogP contribution in [-0.2, 0) is 16.0 Å². The van der Waals surface area contributed by atoms with Crippen molar-refractivity contribution in [2.24, 2.45) is 5.73 Å². The number of benzene rings is 1. The summed E-state index contributed by atoms with van der Waals surface area (Å²) in [6.45, 7) is 0.413. The molecular weight excluding hydrogens is 178 g/mol. The molecule has 0 atom stereocenters. The van der Waals surface area contributed by atoms with Gasteiger partial charge < -0.3 is 10.5 Å². The Morgan fingerprint density at radius 3 is 2.64 bits per heavy atom. The van der Waals surface area contributed by atoms with Crippen LogP contribution in [-0.4, -0.2) is 19.1 Å². The molecular formula is C11H15NO2. The lowest BCUT2D eigenvalue weighted by atomic mass is 10.1. The van der Waals surface area contributed by atoms with E-state index in [0.29, 0.717) is 6.61 Å². The maximum absolute atomic E-state index is 10.7. The van der Waals surface area contributed by atoms with Crippen LogP contribution in [0.3, 0.4) is 0 Å². The maximum Gasteiger partial charge on any atom is 0.319 e. The summed E-state index contributed by atoms with van der Waals surface area (Å²) in [7, 11) is 0. The molecule has 76 valence electrons. The Bertz CT molecular complexity index is 272. The SMILES string of the molecule is NCC(=O)OCCCc1ccccc1. The first-order chi connectivity index (χ1) is 6.83. The molecule has 0 aliphatic rings. The van der Waals surface area contributed by atoms with E-state index in [4.69, 9.17) is 10.5 Å². The first-order valence-corrected chi connectivity index (χ1v) is 4.72. The van der Waals surface area contributed by atoms with E-state index < -0.39 is 0 Å². The van der Waals surface area contributed by atoms with Gasteiger partial charge in [-0.15, -0.1) is 0 Å². The fraction of sp³-hybridized carbons (Fsp3) is 0.364. The van der Waals surface area contributed by atoms with E-state index in [1.165, 1.54) is 5.56 Å². The third-order valence-electron chi connectivity index (χ3n) is 1.88. The molecule has 3 nitrogen and oxygen atoms in total. The van der Waals surface area contributed by atoms with E-state index in [-0.39, 0.29) is 12.5 Å². The zero-order valence-electron chi connectivity index (χ0n) is 8.11. The van der Waals surface area contributed by atoms with Gasteiger partial charge in [0.15, 0.2) is 0 Å². The lowest BCUT2D eigenvalue weighted by molar-refractivity contribution is -0.141. The van der Waals surface area contributed by atoms with Gasteiger partial charge in [0.1, 0.15) is 0 Å². The Kier molecular flexibility index (Phi) is 4.72. The molecule has 0 aromatic heterocycles. The van der Waals surface area contributed by atoms with Crippen molar-refractivity contribution in [1.82, 2.24) is 0 Å². The minimum Gasteiger partial charge on any atom is -0.465 e. The normalized spacial score (nSPS) is 9.79. The molecule has 0 unspecified atom stereocenters. The number of carbonyl (C=O) groups excluding carboxylic acids is 1. The van der Waals surface area contributed by atoms with Crippen molar-refractivity contribution in [3.63, 3.8) is 0 Å². The minimum atomic E-state index is -0.335. The molecule has 0 radical (unpaired) electrons. The van der Waals surface area contributed by atoms with E-state index in [1.54, 1.807) is 0 Å². The van der Waals surface area contributed by atoms with Crippen LogP contribution in [0.2, 0.25) is 0 Å². The van der Waals surface area contributed by atoms with Gasteiger partial charge in [-0.05, 0) is 18.4 Å². The third-order valence-corrected chi connectivity index (χ3v) is 1.88. The molecule has 3 heteroatoms. The van der Waals surface area contributed by atoms with Gasteiger partial charge >= 0.3 is 5.97 Å². The highest BCUT2D eigenvalue weighted by atomic mass is 16.5. The fourth-order valence-electron chi connectivity index (χ4n) is 1.17. The van der Waals surface area contributed by atoms with Crippen LogP contribution >= 0.6 is 0 Å². The van der Waals surface area contributed by atoms with Crippen molar-refractivity contribution in [3.05, 3.63) is 35.9 Å². The average Bonchev–Trinajstić information content (AvgIpc) is 2.25. The molecule has 0 heterocycles. The molecule has 0 bridgehead atoms. The molecule has 0 saturated heterocycles.